The lowest BCUT2D eigenvalue weighted by Crippen LogP contribution is -2.35. The standard InChI is InChI=1S/C6H9NO2S/c1-4(10)7-5-2-3-9-6(5)8/h5H,2-3H2,1H3,(H,7,10)/t5-/m0/s1. The van der Waals surface area contributed by atoms with E-state index in [0.717, 1.165) is 6.42 Å². The second-order valence-corrected chi connectivity index (χ2v) is 2.82. The summed E-state index contributed by atoms with van der Waals surface area (Å²) in [7, 11) is 0. The zero-order valence-electron chi connectivity index (χ0n) is 5.72. The van der Waals surface area contributed by atoms with E-state index in [-0.39, 0.29) is 12.0 Å². The molecule has 1 fully saturated rings. The Labute approximate surface area is 64.7 Å². The van der Waals surface area contributed by atoms with Crippen molar-refractivity contribution in [3.8, 4) is 0 Å². The summed E-state index contributed by atoms with van der Waals surface area (Å²) < 4.78 is 4.71. The smallest absolute Gasteiger partial charge is 0.328 e. The zero-order chi connectivity index (χ0) is 7.56. The van der Waals surface area contributed by atoms with Gasteiger partial charge in [0.05, 0.1) is 11.6 Å². The van der Waals surface area contributed by atoms with E-state index in [1.54, 1.807) is 6.92 Å². The molecule has 4 heteroatoms. The maximum Gasteiger partial charge on any atom is 0.328 e. The van der Waals surface area contributed by atoms with Crippen LogP contribution in [0, 0.1) is 0 Å². The van der Waals surface area contributed by atoms with E-state index in [2.05, 4.69) is 5.32 Å². The van der Waals surface area contributed by atoms with E-state index in [1.807, 2.05) is 0 Å². The summed E-state index contributed by atoms with van der Waals surface area (Å²) in [4.78, 5) is 11.4. The average Bonchev–Trinajstić information content (AvgIpc) is 2.15. The first-order chi connectivity index (χ1) is 4.70. The van der Waals surface area contributed by atoms with Crippen molar-refractivity contribution in [2.24, 2.45) is 0 Å². The molecule has 1 rings (SSSR count). The lowest BCUT2D eigenvalue weighted by molar-refractivity contribution is -0.139. The summed E-state index contributed by atoms with van der Waals surface area (Å²) in [5, 5.41) is 2.85. The Hall–Kier alpha value is -0.640. The van der Waals surface area contributed by atoms with Crippen LogP contribution in [-0.2, 0) is 9.53 Å². The molecule has 1 N–H and O–H groups in total. The van der Waals surface area contributed by atoms with Gasteiger partial charge >= 0.3 is 5.97 Å². The van der Waals surface area contributed by atoms with E-state index in [9.17, 15) is 4.79 Å². The monoisotopic (exact) mass is 159 g/mol. The van der Waals surface area contributed by atoms with Gasteiger partial charge in [0, 0.05) is 6.42 Å². The Morgan fingerprint density at radius 3 is 3.00 bits per heavy atom. The molecule has 1 aliphatic heterocycles. The van der Waals surface area contributed by atoms with Crippen LogP contribution in [0.5, 0.6) is 0 Å². The van der Waals surface area contributed by atoms with E-state index in [4.69, 9.17) is 17.0 Å². The molecule has 1 aliphatic rings. The molecule has 0 radical (unpaired) electrons. The maximum absolute atomic E-state index is 10.8. The molecule has 0 aliphatic carbocycles. The number of ether oxygens (including phenoxy) is 1. The Morgan fingerprint density at radius 1 is 1.90 bits per heavy atom. The van der Waals surface area contributed by atoms with Crippen LogP contribution >= 0.6 is 12.2 Å². The first kappa shape index (κ1) is 7.47. The number of hydrogen-bond donors (Lipinski definition) is 1. The van der Waals surface area contributed by atoms with Gasteiger partial charge < -0.3 is 10.1 Å². The van der Waals surface area contributed by atoms with Crippen LogP contribution in [-0.4, -0.2) is 23.6 Å². The first-order valence-electron chi connectivity index (χ1n) is 3.14. The molecule has 0 amide bonds. The summed E-state index contributed by atoms with van der Waals surface area (Å²) in [6, 6.07) is -0.197. The Kier molecular flexibility index (Phi) is 2.21. The fourth-order valence-electron chi connectivity index (χ4n) is 0.872. The predicted molar refractivity (Wildman–Crippen MR) is 40.8 cm³/mol. The van der Waals surface area contributed by atoms with Crippen LogP contribution in [0.2, 0.25) is 0 Å². The van der Waals surface area contributed by atoms with Crippen LogP contribution in [0.1, 0.15) is 13.3 Å². The normalized spacial score (nSPS) is 24.1. The van der Waals surface area contributed by atoms with Crippen LogP contribution in [0.4, 0.5) is 0 Å². The fourth-order valence-corrected chi connectivity index (χ4v) is 1.01. The molecule has 0 saturated carbocycles. The molecule has 0 aromatic carbocycles. The van der Waals surface area contributed by atoms with Crippen molar-refractivity contribution < 1.29 is 9.53 Å². The molecule has 0 unspecified atom stereocenters. The molecule has 1 heterocycles. The SMILES string of the molecule is CC(=S)N[C@H]1CCOC1=O. The number of cyclic esters (lactones) is 1. The molecule has 1 saturated heterocycles. The Morgan fingerprint density at radius 2 is 2.60 bits per heavy atom. The molecule has 0 aromatic heterocycles. The van der Waals surface area contributed by atoms with Gasteiger partial charge in [0.1, 0.15) is 6.04 Å². The highest BCUT2D eigenvalue weighted by Gasteiger charge is 2.25. The van der Waals surface area contributed by atoms with E-state index < -0.39 is 0 Å². The third-order valence-corrected chi connectivity index (χ3v) is 1.43. The van der Waals surface area contributed by atoms with Gasteiger partial charge in [-0.25, -0.2) is 4.79 Å². The summed E-state index contributed by atoms with van der Waals surface area (Å²) in [6.07, 6.45) is 0.729. The van der Waals surface area contributed by atoms with Crippen molar-refractivity contribution in [2.45, 2.75) is 19.4 Å². The molecule has 0 spiro atoms. The van der Waals surface area contributed by atoms with Crippen LogP contribution in [0.3, 0.4) is 0 Å². The van der Waals surface area contributed by atoms with Gasteiger partial charge in [0.15, 0.2) is 0 Å². The number of thiocarbonyl (C=S) groups is 1. The quantitative estimate of drug-likeness (QED) is 0.439. The van der Waals surface area contributed by atoms with Crippen LogP contribution in [0.15, 0.2) is 0 Å². The number of rotatable bonds is 1. The summed E-state index contributed by atoms with van der Waals surface area (Å²) >= 11 is 4.77. The molecule has 3 nitrogen and oxygen atoms in total. The highest BCUT2D eigenvalue weighted by molar-refractivity contribution is 7.80. The average molecular weight is 159 g/mol. The molecular weight excluding hydrogens is 150 g/mol. The number of carbonyl (C=O) groups is 1. The van der Waals surface area contributed by atoms with Crippen molar-refractivity contribution in [3.05, 3.63) is 0 Å². The topological polar surface area (TPSA) is 38.3 Å². The lowest BCUT2D eigenvalue weighted by atomic mass is 10.2. The van der Waals surface area contributed by atoms with E-state index >= 15 is 0 Å². The molecule has 0 aromatic rings. The van der Waals surface area contributed by atoms with Crippen molar-refractivity contribution in [2.75, 3.05) is 6.61 Å². The number of nitrogens with one attached hydrogen (secondary N) is 1. The zero-order valence-corrected chi connectivity index (χ0v) is 6.53. The van der Waals surface area contributed by atoms with Crippen molar-refractivity contribution >= 4 is 23.2 Å². The Bertz CT molecular complexity index is 169. The minimum Gasteiger partial charge on any atom is -0.464 e. The molecular formula is C6H9NO2S. The molecule has 56 valence electrons. The highest BCUT2D eigenvalue weighted by Crippen LogP contribution is 2.04. The van der Waals surface area contributed by atoms with Crippen LogP contribution in [0.25, 0.3) is 0 Å². The van der Waals surface area contributed by atoms with Crippen molar-refractivity contribution in [1.82, 2.24) is 5.32 Å². The van der Waals surface area contributed by atoms with Crippen molar-refractivity contribution in [3.63, 3.8) is 0 Å². The maximum atomic E-state index is 10.8. The third kappa shape index (κ3) is 1.67. The number of hydrogen-bond acceptors (Lipinski definition) is 3. The van der Waals surface area contributed by atoms with Gasteiger partial charge in [0.25, 0.3) is 0 Å². The molecule has 1 atom stereocenters. The second-order valence-electron chi connectivity index (χ2n) is 2.21. The molecule has 10 heavy (non-hydrogen) atoms. The lowest BCUT2D eigenvalue weighted by Gasteiger charge is -2.06. The first-order valence-corrected chi connectivity index (χ1v) is 3.54. The summed E-state index contributed by atoms with van der Waals surface area (Å²) in [6.45, 7) is 2.26. The largest absolute Gasteiger partial charge is 0.464 e. The van der Waals surface area contributed by atoms with Crippen molar-refractivity contribution in [1.29, 1.82) is 0 Å². The van der Waals surface area contributed by atoms with E-state index in [1.165, 1.54) is 0 Å². The molecule has 0 bridgehead atoms. The van der Waals surface area contributed by atoms with Gasteiger partial charge in [-0.15, -0.1) is 0 Å². The fraction of sp³-hybridized carbons (Fsp3) is 0.667. The number of carbonyl (C=O) groups excluding carboxylic acids is 1. The second kappa shape index (κ2) is 2.96. The third-order valence-electron chi connectivity index (χ3n) is 1.31. The van der Waals surface area contributed by atoms with Gasteiger partial charge in [-0.05, 0) is 6.92 Å². The predicted octanol–water partition coefficient (Wildman–Crippen LogP) is 0.239. The van der Waals surface area contributed by atoms with Crippen LogP contribution < -0.4 is 5.32 Å². The Balaban J connectivity index is 2.40. The summed E-state index contributed by atoms with van der Waals surface area (Å²) in [5.41, 5.74) is 0. The van der Waals surface area contributed by atoms with E-state index in [0.29, 0.717) is 11.6 Å². The van der Waals surface area contributed by atoms with Gasteiger partial charge in [-0.1, -0.05) is 12.2 Å². The highest BCUT2D eigenvalue weighted by atomic mass is 32.1. The van der Waals surface area contributed by atoms with Gasteiger partial charge in [0.2, 0.25) is 0 Å². The van der Waals surface area contributed by atoms with Gasteiger partial charge in [-0.3, -0.25) is 0 Å². The summed E-state index contributed by atoms with van der Waals surface area (Å²) in [5.74, 6) is -0.191. The minimum absolute atomic E-state index is 0.191. The number of esters is 1. The minimum atomic E-state index is -0.197. The van der Waals surface area contributed by atoms with Gasteiger partial charge in [-0.2, -0.15) is 0 Å².